The summed E-state index contributed by atoms with van der Waals surface area (Å²) in [4.78, 5) is 2.70. The smallest absolute Gasteiger partial charge is 0.0278 e. The molecule has 0 spiro atoms. The Balaban J connectivity index is 2.60. The molecule has 0 radical (unpaired) electrons. The molecule has 1 fully saturated rings. The minimum atomic E-state index is 0.323. The molecule has 0 saturated carbocycles. The predicted molar refractivity (Wildman–Crippen MR) is 75.3 cm³/mol. The van der Waals surface area contributed by atoms with Crippen molar-refractivity contribution in [2.24, 2.45) is 0 Å². The molecule has 16 heavy (non-hydrogen) atoms. The molecule has 1 aliphatic rings. The average Bonchev–Trinajstić information content (AvgIpc) is 2.29. The first-order valence-electron chi connectivity index (χ1n) is 6.56. The Hall–Kier alpha value is 0.270. The predicted octanol–water partition coefficient (Wildman–Crippen LogP) is 2.59. The standard InChI is InChI=1S/C13H28N2S/c1-6-12-8-14-13(4,7-2)10-15(12)9-11(3)16-5/h11-12,14H,6-10H2,1-5H3. The molecule has 1 heterocycles. The minimum absolute atomic E-state index is 0.323. The summed E-state index contributed by atoms with van der Waals surface area (Å²) >= 11 is 1.98. The first kappa shape index (κ1) is 14.3. The highest BCUT2D eigenvalue weighted by atomic mass is 32.2. The molecule has 3 atom stereocenters. The fraction of sp³-hybridized carbons (Fsp3) is 1.00. The Bertz CT molecular complexity index is 210. The fourth-order valence-electron chi connectivity index (χ4n) is 2.38. The summed E-state index contributed by atoms with van der Waals surface area (Å²) in [5, 5.41) is 4.46. The van der Waals surface area contributed by atoms with Crippen molar-refractivity contribution in [2.45, 2.75) is 57.4 Å². The highest BCUT2D eigenvalue weighted by Crippen LogP contribution is 2.22. The largest absolute Gasteiger partial charge is 0.309 e. The van der Waals surface area contributed by atoms with Crippen molar-refractivity contribution in [2.75, 3.05) is 25.9 Å². The summed E-state index contributed by atoms with van der Waals surface area (Å²) in [6.07, 6.45) is 4.69. The van der Waals surface area contributed by atoms with E-state index >= 15 is 0 Å². The van der Waals surface area contributed by atoms with Crippen LogP contribution in [0.2, 0.25) is 0 Å². The maximum Gasteiger partial charge on any atom is 0.0278 e. The zero-order chi connectivity index (χ0) is 12.2. The molecular formula is C13H28N2S. The van der Waals surface area contributed by atoms with E-state index in [1.54, 1.807) is 0 Å². The third-order valence-corrected chi connectivity index (χ3v) is 4.93. The van der Waals surface area contributed by atoms with Gasteiger partial charge in [-0.2, -0.15) is 11.8 Å². The lowest BCUT2D eigenvalue weighted by molar-refractivity contribution is 0.0836. The van der Waals surface area contributed by atoms with Gasteiger partial charge in [0.15, 0.2) is 0 Å². The minimum Gasteiger partial charge on any atom is -0.309 e. The third kappa shape index (κ3) is 3.64. The molecule has 0 aromatic carbocycles. The van der Waals surface area contributed by atoms with E-state index in [0.717, 1.165) is 17.8 Å². The number of hydrogen-bond donors (Lipinski definition) is 1. The molecular weight excluding hydrogens is 216 g/mol. The second-order valence-electron chi connectivity index (χ2n) is 5.33. The van der Waals surface area contributed by atoms with Crippen LogP contribution in [-0.2, 0) is 0 Å². The van der Waals surface area contributed by atoms with E-state index < -0.39 is 0 Å². The van der Waals surface area contributed by atoms with Gasteiger partial charge in [-0.25, -0.2) is 0 Å². The van der Waals surface area contributed by atoms with E-state index in [-0.39, 0.29) is 0 Å². The average molecular weight is 244 g/mol. The van der Waals surface area contributed by atoms with E-state index in [2.05, 4.69) is 44.2 Å². The molecule has 1 aliphatic heterocycles. The Kier molecular flexibility index (Phi) is 5.62. The number of nitrogens with one attached hydrogen (secondary N) is 1. The second kappa shape index (κ2) is 6.27. The normalized spacial score (nSPS) is 33.9. The lowest BCUT2D eigenvalue weighted by Crippen LogP contribution is -2.63. The molecule has 3 unspecified atom stereocenters. The summed E-state index contributed by atoms with van der Waals surface area (Å²) in [6.45, 7) is 12.9. The highest BCUT2D eigenvalue weighted by molar-refractivity contribution is 7.99. The quantitative estimate of drug-likeness (QED) is 0.800. The maximum absolute atomic E-state index is 3.72. The molecule has 0 bridgehead atoms. The van der Waals surface area contributed by atoms with Gasteiger partial charge in [-0.05, 0) is 26.0 Å². The number of thioether (sulfide) groups is 1. The van der Waals surface area contributed by atoms with Crippen molar-refractivity contribution in [1.29, 1.82) is 0 Å². The molecule has 0 aliphatic carbocycles. The van der Waals surface area contributed by atoms with Crippen LogP contribution in [0, 0.1) is 0 Å². The van der Waals surface area contributed by atoms with Gasteiger partial charge < -0.3 is 5.32 Å². The van der Waals surface area contributed by atoms with E-state index in [1.807, 2.05) is 11.8 Å². The van der Waals surface area contributed by atoms with Gasteiger partial charge in [0.05, 0.1) is 0 Å². The van der Waals surface area contributed by atoms with Gasteiger partial charge in [0.1, 0.15) is 0 Å². The monoisotopic (exact) mass is 244 g/mol. The van der Waals surface area contributed by atoms with Crippen molar-refractivity contribution in [1.82, 2.24) is 10.2 Å². The molecule has 0 aromatic heterocycles. The van der Waals surface area contributed by atoms with Crippen LogP contribution in [0.15, 0.2) is 0 Å². The molecule has 2 nitrogen and oxygen atoms in total. The van der Waals surface area contributed by atoms with Gasteiger partial charge >= 0.3 is 0 Å². The summed E-state index contributed by atoms with van der Waals surface area (Å²) in [6, 6.07) is 0.731. The molecule has 1 N–H and O–H groups in total. The van der Waals surface area contributed by atoms with Crippen LogP contribution in [0.4, 0.5) is 0 Å². The number of rotatable bonds is 5. The Labute approximate surface area is 106 Å². The lowest BCUT2D eigenvalue weighted by atomic mass is 9.92. The summed E-state index contributed by atoms with van der Waals surface area (Å²) in [5.41, 5.74) is 0.323. The van der Waals surface area contributed by atoms with Crippen LogP contribution in [0.5, 0.6) is 0 Å². The zero-order valence-corrected chi connectivity index (χ0v) is 12.4. The molecule has 96 valence electrons. The van der Waals surface area contributed by atoms with E-state index in [1.165, 1.54) is 25.9 Å². The molecule has 3 heteroatoms. The first-order valence-corrected chi connectivity index (χ1v) is 7.85. The van der Waals surface area contributed by atoms with Gasteiger partial charge in [-0.15, -0.1) is 0 Å². The highest BCUT2D eigenvalue weighted by Gasteiger charge is 2.33. The van der Waals surface area contributed by atoms with Crippen LogP contribution < -0.4 is 5.32 Å². The Morgan fingerprint density at radius 1 is 1.50 bits per heavy atom. The van der Waals surface area contributed by atoms with E-state index in [9.17, 15) is 0 Å². The van der Waals surface area contributed by atoms with Gasteiger partial charge in [0.25, 0.3) is 0 Å². The first-order chi connectivity index (χ1) is 7.54. The van der Waals surface area contributed by atoms with E-state index in [0.29, 0.717) is 5.54 Å². The summed E-state index contributed by atoms with van der Waals surface area (Å²) < 4.78 is 0. The fourth-order valence-corrected chi connectivity index (χ4v) is 2.72. The third-order valence-electron chi connectivity index (χ3n) is 3.98. The van der Waals surface area contributed by atoms with Crippen molar-refractivity contribution >= 4 is 11.8 Å². The lowest BCUT2D eigenvalue weighted by Gasteiger charge is -2.46. The van der Waals surface area contributed by atoms with Gasteiger partial charge in [0.2, 0.25) is 0 Å². The SMILES string of the molecule is CCC1CNC(C)(CC)CN1CC(C)SC. The van der Waals surface area contributed by atoms with Gasteiger partial charge in [-0.1, -0.05) is 20.8 Å². The molecule has 1 rings (SSSR count). The van der Waals surface area contributed by atoms with Crippen molar-refractivity contribution in [3.05, 3.63) is 0 Å². The van der Waals surface area contributed by atoms with Crippen molar-refractivity contribution < 1.29 is 0 Å². The number of nitrogens with zero attached hydrogens (tertiary/aromatic N) is 1. The molecule has 1 saturated heterocycles. The number of piperazine rings is 1. The van der Waals surface area contributed by atoms with Crippen LogP contribution in [0.25, 0.3) is 0 Å². The van der Waals surface area contributed by atoms with Crippen LogP contribution in [-0.4, -0.2) is 47.6 Å². The zero-order valence-electron chi connectivity index (χ0n) is 11.5. The van der Waals surface area contributed by atoms with Gasteiger partial charge in [0, 0.05) is 36.5 Å². The number of hydrogen-bond acceptors (Lipinski definition) is 3. The maximum atomic E-state index is 3.72. The second-order valence-corrected chi connectivity index (χ2v) is 6.61. The summed E-state index contributed by atoms with van der Waals surface area (Å²) in [7, 11) is 0. The Morgan fingerprint density at radius 3 is 2.69 bits per heavy atom. The van der Waals surface area contributed by atoms with Gasteiger partial charge in [-0.3, -0.25) is 4.90 Å². The van der Waals surface area contributed by atoms with Crippen molar-refractivity contribution in [3.8, 4) is 0 Å². The molecule has 0 aromatic rings. The van der Waals surface area contributed by atoms with Crippen LogP contribution in [0.3, 0.4) is 0 Å². The van der Waals surface area contributed by atoms with E-state index in [4.69, 9.17) is 0 Å². The van der Waals surface area contributed by atoms with Crippen molar-refractivity contribution in [3.63, 3.8) is 0 Å². The Morgan fingerprint density at radius 2 is 2.19 bits per heavy atom. The molecule has 0 amide bonds. The van der Waals surface area contributed by atoms with Crippen LogP contribution >= 0.6 is 11.8 Å². The summed E-state index contributed by atoms with van der Waals surface area (Å²) in [5.74, 6) is 0. The topological polar surface area (TPSA) is 15.3 Å². The van der Waals surface area contributed by atoms with Crippen LogP contribution in [0.1, 0.15) is 40.5 Å².